The van der Waals surface area contributed by atoms with Crippen LogP contribution >= 0.6 is 11.3 Å². The van der Waals surface area contributed by atoms with E-state index in [9.17, 15) is 8.42 Å². The minimum atomic E-state index is -3.42. The van der Waals surface area contributed by atoms with Crippen LogP contribution in [0.15, 0.2) is 40.7 Å². The molecule has 0 saturated heterocycles. The van der Waals surface area contributed by atoms with Gasteiger partial charge in [0, 0.05) is 31.6 Å². The maximum absolute atomic E-state index is 12.5. The van der Waals surface area contributed by atoms with Gasteiger partial charge in [0.25, 0.3) is 0 Å². The lowest BCUT2D eigenvalue weighted by Crippen LogP contribution is -2.29. The number of sulfonamides is 1. The number of rotatable bonds is 6. The van der Waals surface area contributed by atoms with Gasteiger partial charge in [-0.3, -0.25) is 0 Å². The predicted octanol–water partition coefficient (Wildman–Crippen LogP) is 3.13. The van der Waals surface area contributed by atoms with Gasteiger partial charge in [-0.25, -0.2) is 17.7 Å². The van der Waals surface area contributed by atoms with E-state index < -0.39 is 10.0 Å². The van der Waals surface area contributed by atoms with Gasteiger partial charge in [0.15, 0.2) is 0 Å². The largest absolute Gasteiger partial charge is 0.250 e. The van der Waals surface area contributed by atoms with E-state index in [1.165, 1.54) is 4.31 Å². The first-order valence-corrected chi connectivity index (χ1v) is 9.18. The average Bonchev–Trinajstić information content (AvgIpc) is 2.98. The Morgan fingerprint density at radius 1 is 1.24 bits per heavy atom. The van der Waals surface area contributed by atoms with Crippen molar-refractivity contribution < 1.29 is 8.42 Å². The van der Waals surface area contributed by atoms with Crippen molar-refractivity contribution in [1.82, 2.24) is 9.29 Å². The van der Waals surface area contributed by atoms with Gasteiger partial charge < -0.3 is 0 Å². The molecule has 4 nitrogen and oxygen atoms in total. The van der Waals surface area contributed by atoms with E-state index in [1.807, 2.05) is 17.5 Å². The number of likely N-dealkylation sites (N-methyl/N-ethyl adjacent to an activating group) is 1. The molecule has 1 aromatic heterocycles. The third-order valence-corrected chi connectivity index (χ3v) is 6.09. The van der Waals surface area contributed by atoms with Crippen LogP contribution in [0.3, 0.4) is 0 Å². The van der Waals surface area contributed by atoms with Crippen molar-refractivity contribution in [3.63, 3.8) is 0 Å². The molecule has 2 aromatic rings. The van der Waals surface area contributed by atoms with Gasteiger partial charge in [-0.15, -0.1) is 11.3 Å². The second kappa shape index (κ2) is 6.68. The van der Waals surface area contributed by atoms with Gasteiger partial charge >= 0.3 is 0 Å². The molecular weight excluding hydrogens is 304 g/mol. The number of nitrogens with zero attached hydrogens (tertiary/aromatic N) is 2. The Labute approximate surface area is 130 Å². The Morgan fingerprint density at radius 2 is 1.90 bits per heavy atom. The van der Waals surface area contributed by atoms with Crippen molar-refractivity contribution in [2.24, 2.45) is 0 Å². The van der Waals surface area contributed by atoms with Crippen LogP contribution in [-0.4, -0.2) is 31.3 Å². The van der Waals surface area contributed by atoms with Gasteiger partial charge in [-0.05, 0) is 23.6 Å². The first-order valence-electron chi connectivity index (χ1n) is 6.86. The Balaban J connectivity index is 2.09. The normalized spacial score (nSPS) is 12.2. The lowest BCUT2D eigenvalue weighted by atomic mass is 10.0. The summed E-state index contributed by atoms with van der Waals surface area (Å²) in [5, 5.41) is 2.85. The summed E-state index contributed by atoms with van der Waals surface area (Å²) < 4.78 is 26.4. The minimum absolute atomic E-state index is 0.341. The van der Waals surface area contributed by atoms with Crippen LogP contribution in [0.4, 0.5) is 0 Å². The zero-order valence-corrected chi connectivity index (χ0v) is 14.1. The summed E-state index contributed by atoms with van der Waals surface area (Å²) in [6, 6.07) is 7.13. The molecule has 21 heavy (non-hydrogen) atoms. The third-order valence-electron chi connectivity index (χ3n) is 3.38. The fourth-order valence-electron chi connectivity index (χ4n) is 1.95. The van der Waals surface area contributed by atoms with Crippen LogP contribution in [0.1, 0.15) is 30.3 Å². The third kappa shape index (κ3) is 3.90. The molecule has 0 aliphatic rings. The van der Waals surface area contributed by atoms with Gasteiger partial charge in [0.05, 0.1) is 9.90 Å². The van der Waals surface area contributed by atoms with Gasteiger partial charge in [0.1, 0.15) is 0 Å². The standard InChI is InChI=1S/C15H20N2O2S2/c1-12(2)13-4-6-14(7-5-13)21(18,19)17(3)10-8-15-16-9-11-20-15/h4-7,9,11-12H,8,10H2,1-3H3. The molecule has 0 N–H and O–H groups in total. The summed E-state index contributed by atoms with van der Waals surface area (Å²) in [4.78, 5) is 4.51. The zero-order valence-electron chi connectivity index (χ0n) is 12.5. The lowest BCUT2D eigenvalue weighted by Gasteiger charge is -2.17. The molecule has 0 radical (unpaired) electrons. The molecule has 114 valence electrons. The first-order chi connectivity index (χ1) is 9.91. The second-order valence-corrected chi connectivity index (χ2v) is 8.25. The van der Waals surface area contributed by atoms with Crippen molar-refractivity contribution >= 4 is 21.4 Å². The van der Waals surface area contributed by atoms with E-state index in [0.717, 1.165) is 10.6 Å². The highest BCUT2D eigenvalue weighted by molar-refractivity contribution is 7.89. The Bertz CT molecular complexity index is 662. The number of hydrogen-bond donors (Lipinski definition) is 0. The van der Waals surface area contributed by atoms with Crippen molar-refractivity contribution in [2.75, 3.05) is 13.6 Å². The van der Waals surface area contributed by atoms with Gasteiger partial charge in [-0.1, -0.05) is 26.0 Å². The first kappa shape index (κ1) is 16.1. The van der Waals surface area contributed by atoms with E-state index in [-0.39, 0.29) is 0 Å². The molecule has 0 bridgehead atoms. The maximum atomic E-state index is 12.5. The molecule has 0 unspecified atom stereocenters. The summed E-state index contributed by atoms with van der Waals surface area (Å²) in [6.45, 7) is 4.61. The summed E-state index contributed by atoms with van der Waals surface area (Å²) in [5.74, 6) is 0.393. The topological polar surface area (TPSA) is 50.3 Å². The van der Waals surface area contributed by atoms with Crippen molar-refractivity contribution in [2.45, 2.75) is 31.1 Å². The summed E-state index contributed by atoms with van der Waals surface area (Å²) in [7, 11) is -1.81. The molecule has 2 rings (SSSR count). The van der Waals surface area contributed by atoms with Crippen LogP contribution in [0.25, 0.3) is 0 Å². The van der Waals surface area contributed by atoms with Gasteiger partial charge in [0.2, 0.25) is 10.0 Å². The molecule has 0 fully saturated rings. The van der Waals surface area contributed by atoms with Crippen LogP contribution in [0, 0.1) is 0 Å². The highest BCUT2D eigenvalue weighted by Gasteiger charge is 2.20. The van der Waals surface area contributed by atoms with Crippen LogP contribution in [0.2, 0.25) is 0 Å². The summed E-state index contributed by atoms with van der Waals surface area (Å²) in [6.07, 6.45) is 2.37. The van der Waals surface area contributed by atoms with E-state index in [2.05, 4.69) is 18.8 Å². The fourth-order valence-corrected chi connectivity index (χ4v) is 3.74. The van der Waals surface area contributed by atoms with E-state index >= 15 is 0 Å². The highest BCUT2D eigenvalue weighted by atomic mass is 32.2. The molecule has 6 heteroatoms. The zero-order chi connectivity index (χ0) is 15.5. The monoisotopic (exact) mass is 324 g/mol. The smallest absolute Gasteiger partial charge is 0.242 e. The molecule has 1 heterocycles. The van der Waals surface area contributed by atoms with E-state index in [1.54, 1.807) is 36.7 Å². The number of thiazole rings is 1. The molecule has 0 aliphatic heterocycles. The SMILES string of the molecule is CC(C)c1ccc(S(=O)(=O)N(C)CCc2nccs2)cc1. The molecule has 1 aromatic carbocycles. The molecule has 0 aliphatic carbocycles. The maximum Gasteiger partial charge on any atom is 0.242 e. The van der Waals surface area contributed by atoms with Crippen LogP contribution < -0.4 is 0 Å². The number of benzene rings is 1. The summed E-state index contributed by atoms with van der Waals surface area (Å²) in [5.41, 5.74) is 1.14. The molecule has 0 saturated carbocycles. The van der Waals surface area contributed by atoms with Crippen molar-refractivity contribution in [1.29, 1.82) is 0 Å². The van der Waals surface area contributed by atoms with E-state index in [4.69, 9.17) is 0 Å². The number of aromatic nitrogens is 1. The molecule has 0 atom stereocenters. The van der Waals surface area contributed by atoms with Crippen molar-refractivity contribution in [3.8, 4) is 0 Å². The van der Waals surface area contributed by atoms with Crippen molar-refractivity contribution in [3.05, 3.63) is 46.4 Å². The lowest BCUT2D eigenvalue weighted by molar-refractivity contribution is 0.472. The average molecular weight is 324 g/mol. The quantitative estimate of drug-likeness (QED) is 0.820. The fraction of sp³-hybridized carbons (Fsp3) is 0.400. The second-order valence-electron chi connectivity index (χ2n) is 5.23. The van der Waals surface area contributed by atoms with Crippen LogP contribution in [-0.2, 0) is 16.4 Å². The minimum Gasteiger partial charge on any atom is -0.250 e. The van der Waals surface area contributed by atoms with Crippen LogP contribution in [0.5, 0.6) is 0 Å². The van der Waals surface area contributed by atoms with Gasteiger partial charge in [-0.2, -0.15) is 0 Å². The number of hydrogen-bond acceptors (Lipinski definition) is 4. The molecule has 0 spiro atoms. The highest BCUT2D eigenvalue weighted by Crippen LogP contribution is 2.19. The van der Waals surface area contributed by atoms with E-state index in [0.29, 0.717) is 23.8 Å². The molecule has 0 amide bonds. The Morgan fingerprint density at radius 3 is 2.43 bits per heavy atom. The molecular formula is C15H20N2O2S2. The Kier molecular flexibility index (Phi) is 5.13. The Hall–Kier alpha value is -1.24. The predicted molar refractivity (Wildman–Crippen MR) is 86.2 cm³/mol. The summed E-state index contributed by atoms with van der Waals surface area (Å²) >= 11 is 1.54.